The zero-order valence-electron chi connectivity index (χ0n) is 19.7. The molecule has 0 bridgehead atoms. The number of nitrogens with zero attached hydrogens (tertiary/aromatic N) is 5. The predicted molar refractivity (Wildman–Crippen MR) is 133 cm³/mol. The lowest BCUT2D eigenvalue weighted by molar-refractivity contribution is -0.902. The summed E-state index contributed by atoms with van der Waals surface area (Å²) in [7, 11) is 0. The second kappa shape index (κ2) is 11.0. The summed E-state index contributed by atoms with van der Waals surface area (Å²) in [6.45, 7) is 6.61. The Morgan fingerprint density at radius 2 is 1.86 bits per heavy atom. The van der Waals surface area contributed by atoms with Crippen molar-refractivity contribution in [3.05, 3.63) is 70.3 Å². The second-order valence-electron chi connectivity index (χ2n) is 8.54. The number of benzene rings is 2. The quantitative estimate of drug-likeness (QED) is 0.349. The van der Waals surface area contributed by atoms with Gasteiger partial charge in [0.25, 0.3) is 11.6 Å². The fourth-order valence-corrected chi connectivity index (χ4v) is 4.30. The van der Waals surface area contributed by atoms with E-state index in [1.165, 1.54) is 34.2 Å². The van der Waals surface area contributed by atoms with Crippen molar-refractivity contribution >= 4 is 35.1 Å². The maximum atomic E-state index is 13.3. The van der Waals surface area contributed by atoms with Crippen LogP contribution in [0.4, 0.5) is 11.4 Å². The zero-order chi connectivity index (χ0) is 24.8. The zero-order valence-corrected chi connectivity index (χ0v) is 19.7. The van der Waals surface area contributed by atoms with Crippen LogP contribution in [-0.2, 0) is 9.59 Å². The first-order valence-corrected chi connectivity index (χ1v) is 11.8. The molecule has 2 aromatic carbocycles. The molecule has 2 aliphatic rings. The monoisotopic (exact) mass is 477 g/mol. The molecule has 0 aromatic heterocycles. The number of quaternary nitrogens is 1. The Balaban J connectivity index is 1.43. The maximum absolute atomic E-state index is 13.3. The van der Waals surface area contributed by atoms with Gasteiger partial charge in [-0.15, -0.1) is 0 Å². The minimum atomic E-state index is -0.637. The number of hydrogen-bond acceptors (Lipinski definition) is 6. The average Bonchev–Trinajstić information content (AvgIpc) is 3.23. The third-order valence-electron chi connectivity index (χ3n) is 6.33. The number of aliphatic imine (C=N–C) groups is 1. The third-order valence-corrected chi connectivity index (χ3v) is 6.33. The molecular weight excluding hydrogens is 448 g/mol. The number of rotatable bonds is 8. The minimum absolute atomic E-state index is 0.0480. The standard InChI is InChI=1S/C25H28N6O4/c1-2-23(32)29-16-14-28(15-17-29)13-12-26-18-22-24(19-6-4-3-5-7-19)27-30(25(22)33)20-8-10-21(11-9-20)31(34)35/h3-11,18,22H,2,12-17H2,1H3/p+1. The molecule has 0 spiro atoms. The maximum Gasteiger partial charge on any atom is 0.269 e. The number of anilines is 1. The molecule has 2 amide bonds. The van der Waals surface area contributed by atoms with Crippen molar-refractivity contribution in [1.82, 2.24) is 4.90 Å². The molecule has 182 valence electrons. The van der Waals surface area contributed by atoms with Crippen LogP contribution >= 0.6 is 0 Å². The van der Waals surface area contributed by atoms with Gasteiger partial charge < -0.3 is 9.80 Å². The lowest BCUT2D eigenvalue weighted by atomic mass is 9.98. The summed E-state index contributed by atoms with van der Waals surface area (Å²) in [5.41, 5.74) is 1.84. The number of nitrogens with one attached hydrogen (secondary N) is 1. The van der Waals surface area contributed by atoms with Crippen molar-refractivity contribution in [2.24, 2.45) is 16.0 Å². The number of hydrogen-bond donors (Lipinski definition) is 1. The fourth-order valence-electron chi connectivity index (χ4n) is 4.30. The molecule has 0 saturated carbocycles. The number of non-ortho nitro benzene ring substituents is 1. The van der Waals surface area contributed by atoms with Crippen LogP contribution < -0.4 is 9.91 Å². The Bertz CT molecular complexity index is 1120. The highest BCUT2D eigenvalue weighted by Gasteiger charge is 2.36. The molecular formula is C25H29N6O4+. The van der Waals surface area contributed by atoms with E-state index in [9.17, 15) is 19.7 Å². The average molecular weight is 478 g/mol. The first-order valence-electron chi connectivity index (χ1n) is 11.8. The van der Waals surface area contributed by atoms with Gasteiger partial charge >= 0.3 is 0 Å². The van der Waals surface area contributed by atoms with Gasteiger partial charge in [0.2, 0.25) is 5.91 Å². The molecule has 1 saturated heterocycles. The van der Waals surface area contributed by atoms with Crippen molar-refractivity contribution in [3.8, 4) is 0 Å². The number of carbonyl (C=O) groups excluding carboxylic acids is 2. The van der Waals surface area contributed by atoms with E-state index < -0.39 is 10.8 Å². The SMILES string of the molecule is CCC(=O)N1CC[NH+](CCN=CC2C(=O)N(c3ccc([N+](=O)[O-])cc3)N=C2c2ccccc2)CC1. The summed E-state index contributed by atoms with van der Waals surface area (Å²) >= 11 is 0. The summed E-state index contributed by atoms with van der Waals surface area (Å²) < 4.78 is 0. The lowest BCUT2D eigenvalue weighted by Crippen LogP contribution is -3.15. The molecule has 2 heterocycles. The van der Waals surface area contributed by atoms with Crippen LogP contribution in [0.5, 0.6) is 0 Å². The van der Waals surface area contributed by atoms with Crippen LogP contribution in [0.15, 0.2) is 64.7 Å². The highest BCUT2D eigenvalue weighted by molar-refractivity contribution is 6.29. The van der Waals surface area contributed by atoms with Gasteiger partial charge in [-0.3, -0.25) is 24.7 Å². The van der Waals surface area contributed by atoms with Crippen molar-refractivity contribution in [3.63, 3.8) is 0 Å². The molecule has 35 heavy (non-hydrogen) atoms. The number of hydrazone groups is 1. The molecule has 0 radical (unpaired) electrons. The van der Waals surface area contributed by atoms with E-state index >= 15 is 0 Å². The van der Waals surface area contributed by atoms with Crippen LogP contribution in [0.25, 0.3) is 0 Å². The first-order chi connectivity index (χ1) is 17.0. The van der Waals surface area contributed by atoms with Crippen molar-refractivity contribution in [2.45, 2.75) is 13.3 Å². The smallest absolute Gasteiger partial charge is 0.269 e. The number of amides is 2. The highest BCUT2D eigenvalue weighted by atomic mass is 16.6. The van der Waals surface area contributed by atoms with E-state index in [-0.39, 0.29) is 17.5 Å². The van der Waals surface area contributed by atoms with Crippen LogP contribution in [0.1, 0.15) is 18.9 Å². The van der Waals surface area contributed by atoms with Crippen LogP contribution in [0.3, 0.4) is 0 Å². The topological polar surface area (TPSA) is 113 Å². The Morgan fingerprint density at radius 3 is 2.49 bits per heavy atom. The van der Waals surface area contributed by atoms with E-state index in [0.29, 0.717) is 24.4 Å². The molecule has 0 aliphatic carbocycles. The van der Waals surface area contributed by atoms with Crippen molar-refractivity contribution < 1.29 is 19.4 Å². The second-order valence-corrected chi connectivity index (χ2v) is 8.54. The molecule has 1 unspecified atom stereocenters. The van der Waals surface area contributed by atoms with Crippen molar-refractivity contribution in [2.75, 3.05) is 44.3 Å². The number of nitro groups is 1. The van der Waals surface area contributed by atoms with Gasteiger partial charge in [0.05, 0.1) is 55.6 Å². The van der Waals surface area contributed by atoms with E-state index in [2.05, 4.69) is 10.1 Å². The predicted octanol–water partition coefficient (Wildman–Crippen LogP) is 1.17. The Hall–Kier alpha value is -3.92. The highest BCUT2D eigenvalue weighted by Crippen LogP contribution is 2.27. The Morgan fingerprint density at radius 1 is 1.17 bits per heavy atom. The normalized spacial score (nSPS) is 18.8. The van der Waals surface area contributed by atoms with E-state index in [1.54, 1.807) is 6.21 Å². The van der Waals surface area contributed by atoms with Gasteiger partial charge in [0.15, 0.2) is 0 Å². The van der Waals surface area contributed by atoms with E-state index in [4.69, 9.17) is 0 Å². The molecule has 4 rings (SSSR count). The van der Waals surface area contributed by atoms with Gasteiger partial charge in [0, 0.05) is 24.8 Å². The van der Waals surface area contributed by atoms with Crippen LogP contribution in [0, 0.1) is 16.0 Å². The summed E-state index contributed by atoms with van der Waals surface area (Å²) in [4.78, 5) is 43.5. The van der Waals surface area contributed by atoms with E-state index in [1.807, 2.05) is 42.2 Å². The largest absolute Gasteiger partial charge is 0.331 e. The summed E-state index contributed by atoms with van der Waals surface area (Å²) in [6, 6.07) is 15.2. The van der Waals surface area contributed by atoms with Gasteiger partial charge in [0.1, 0.15) is 5.92 Å². The summed E-state index contributed by atoms with van der Waals surface area (Å²) in [5, 5.41) is 16.8. The summed E-state index contributed by atoms with van der Waals surface area (Å²) in [6.07, 6.45) is 2.20. The summed E-state index contributed by atoms with van der Waals surface area (Å²) in [5.74, 6) is -0.686. The Kier molecular flexibility index (Phi) is 7.61. The number of piperazine rings is 1. The molecule has 10 nitrogen and oxygen atoms in total. The van der Waals surface area contributed by atoms with Gasteiger partial charge in [-0.25, -0.2) is 0 Å². The van der Waals surface area contributed by atoms with Crippen LogP contribution in [0.2, 0.25) is 0 Å². The molecule has 1 atom stereocenters. The molecule has 1 N–H and O–H groups in total. The number of carbonyl (C=O) groups is 2. The molecule has 2 aliphatic heterocycles. The molecule has 1 fully saturated rings. The van der Waals surface area contributed by atoms with Crippen molar-refractivity contribution in [1.29, 1.82) is 0 Å². The van der Waals surface area contributed by atoms with Gasteiger partial charge in [-0.1, -0.05) is 37.3 Å². The fraction of sp³-hybridized carbons (Fsp3) is 0.360. The minimum Gasteiger partial charge on any atom is -0.331 e. The van der Waals surface area contributed by atoms with E-state index in [0.717, 1.165) is 38.3 Å². The first kappa shape index (κ1) is 24.2. The van der Waals surface area contributed by atoms with Crippen LogP contribution in [-0.4, -0.2) is 72.8 Å². The lowest BCUT2D eigenvalue weighted by Gasteiger charge is -2.31. The van der Waals surface area contributed by atoms with Gasteiger partial charge in [-0.05, 0) is 17.7 Å². The molecule has 2 aromatic rings. The third kappa shape index (κ3) is 5.60. The molecule has 10 heteroatoms. The Labute approximate surface area is 203 Å². The number of nitro benzene ring substituents is 1. The van der Waals surface area contributed by atoms with Gasteiger partial charge in [-0.2, -0.15) is 10.1 Å².